The molecule has 0 spiro atoms. The second kappa shape index (κ2) is 5.56. The summed E-state index contributed by atoms with van der Waals surface area (Å²) in [4.78, 5) is 12.7. The maximum Gasteiger partial charge on any atom is 0.396 e. The Bertz CT molecular complexity index is 175. The molecule has 0 aromatic heterocycles. The fourth-order valence-corrected chi connectivity index (χ4v) is 0.397. The summed E-state index contributed by atoms with van der Waals surface area (Å²) in [6, 6.07) is 0. The number of carbonyl (C=O) groups excluding carboxylic acids is 1. The van der Waals surface area contributed by atoms with Crippen molar-refractivity contribution < 1.29 is 9.53 Å². The van der Waals surface area contributed by atoms with E-state index in [2.05, 4.69) is 14.8 Å². The highest BCUT2D eigenvalue weighted by Crippen LogP contribution is 2.01. The molecule has 5 heteroatoms. The SMILES string of the molecule is CC[C@H](C)COC(=O)N=[N+]=[N-]. The first-order chi connectivity index (χ1) is 5.20. The van der Waals surface area contributed by atoms with Crippen LogP contribution in [0, 0.1) is 5.92 Å². The lowest BCUT2D eigenvalue weighted by atomic mass is 10.1. The van der Waals surface area contributed by atoms with E-state index in [1.165, 1.54) is 0 Å². The van der Waals surface area contributed by atoms with E-state index in [-0.39, 0.29) is 0 Å². The van der Waals surface area contributed by atoms with Crippen LogP contribution in [0.2, 0.25) is 0 Å². The van der Waals surface area contributed by atoms with Gasteiger partial charge in [0.2, 0.25) is 0 Å². The van der Waals surface area contributed by atoms with Crippen molar-refractivity contribution in [3.8, 4) is 0 Å². The molecule has 0 unspecified atom stereocenters. The monoisotopic (exact) mass is 157 g/mol. The van der Waals surface area contributed by atoms with Gasteiger partial charge in [-0.25, -0.2) is 4.79 Å². The van der Waals surface area contributed by atoms with Gasteiger partial charge in [-0.05, 0) is 11.4 Å². The van der Waals surface area contributed by atoms with Crippen LogP contribution in [0.3, 0.4) is 0 Å². The summed E-state index contributed by atoms with van der Waals surface area (Å²) >= 11 is 0. The summed E-state index contributed by atoms with van der Waals surface area (Å²) in [7, 11) is 0. The Morgan fingerprint density at radius 2 is 2.45 bits per heavy atom. The van der Waals surface area contributed by atoms with Crippen LogP contribution in [-0.4, -0.2) is 12.7 Å². The first-order valence-electron chi connectivity index (χ1n) is 3.42. The number of hydrogen-bond acceptors (Lipinski definition) is 2. The van der Waals surface area contributed by atoms with Crippen LogP contribution < -0.4 is 0 Å². The molecule has 0 aliphatic heterocycles. The number of nitrogens with zero attached hydrogens (tertiary/aromatic N) is 3. The maximum absolute atomic E-state index is 10.4. The number of azide groups is 1. The normalized spacial score (nSPS) is 11.5. The standard InChI is InChI=1S/C6H11N3O2/c1-3-5(2)4-11-6(10)8-9-7/h5H,3-4H2,1-2H3/t5-/m0/s1. The summed E-state index contributed by atoms with van der Waals surface area (Å²) < 4.78 is 4.58. The van der Waals surface area contributed by atoms with Crippen molar-refractivity contribution in [2.45, 2.75) is 20.3 Å². The van der Waals surface area contributed by atoms with E-state index >= 15 is 0 Å². The molecule has 0 rings (SSSR count). The van der Waals surface area contributed by atoms with Gasteiger partial charge in [-0.15, -0.1) is 0 Å². The predicted molar refractivity (Wildman–Crippen MR) is 39.9 cm³/mol. The van der Waals surface area contributed by atoms with Crippen LogP contribution in [0.1, 0.15) is 20.3 Å². The molecule has 5 nitrogen and oxygen atoms in total. The zero-order valence-electron chi connectivity index (χ0n) is 6.65. The van der Waals surface area contributed by atoms with Crippen molar-refractivity contribution in [3.63, 3.8) is 0 Å². The third kappa shape index (κ3) is 5.24. The second-order valence-corrected chi connectivity index (χ2v) is 2.28. The van der Waals surface area contributed by atoms with Crippen molar-refractivity contribution in [2.24, 2.45) is 11.0 Å². The van der Waals surface area contributed by atoms with Crippen LogP contribution in [0.25, 0.3) is 10.4 Å². The molecule has 1 atom stereocenters. The quantitative estimate of drug-likeness (QED) is 0.358. The van der Waals surface area contributed by atoms with Crippen LogP contribution in [0.15, 0.2) is 5.11 Å². The van der Waals surface area contributed by atoms with Crippen molar-refractivity contribution in [2.75, 3.05) is 6.61 Å². The van der Waals surface area contributed by atoms with Crippen molar-refractivity contribution >= 4 is 6.09 Å². The predicted octanol–water partition coefficient (Wildman–Crippen LogP) is 2.48. The first kappa shape index (κ1) is 9.78. The van der Waals surface area contributed by atoms with Crippen LogP contribution in [0.5, 0.6) is 0 Å². The summed E-state index contributed by atoms with van der Waals surface area (Å²) in [6.45, 7) is 4.25. The molecule has 62 valence electrons. The fourth-order valence-electron chi connectivity index (χ4n) is 0.397. The highest BCUT2D eigenvalue weighted by atomic mass is 16.5. The van der Waals surface area contributed by atoms with Gasteiger partial charge in [0, 0.05) is 10.0 Å². The molecule has 0 radical (unpaired) electrons. The van der Waals surface area contributed by atoms with Crippen molar-refractivity contribution in [1.29, 1.82) is 0 Å². The molecule has 0 fully saturated rings. The summed E-state index contributed by atoms with van der Waals surface area (Å²) in [5, 5.41) is 2.75. The average Bonchev–Trinajstić information content (AvgIpc) is 2.01. The van der Waals surface area contributed by atoms with Crippen LogP contribution in [-0.2, 0) is 4.74 Å². The summed E-state index contributed by atoms with van der Waals surface area (Å²) in [5.74, 6) is 0.313. The molecule has 0 bridgehead atoms. The third-order valence-electron chi connectivity index (χ3n) is 1.31. The topological polar surface area (TPSA) is 75.1 Å². The van der Waals surface area contributed by atoms with E-state index in [4.69, 9.17) is 5.53 Å². The van der Waals surface area contributed by atoms with Gasteiger partial charge < -0.3 is 4.74 Å². The van der Waals surface area contributed by atoms with E-state index < -0.39 is 6.09 Å². The minimum Gasteiger partial charge on any atom is -0.461 e. The Hall–Kier alpha value is -1.22. The van der Waals surface area contributed by atoms with Gasteiger partial charge in [-0.2, -0.15) is 0 Å². The molecule has 0 N–H and O–H groups in total. The number of hydrogen-bond donors (Lipinski definition) is 0. The highest BCUT2D eigenvalue weighted by molar-refractivity contribution is 5.67. The lowest BCUT2D eigenvalue weighted by Crippen LogP contribution is -2.07. The Morgan fingerprint density at radius 1 is 1.82 bits per heavy atom. The Kier molecular flexibility index (Phi) is 4.94. The van der Waals surface area contributed by atoms with E-state index in [9.17, 15) is 4.79 Å². The number of rotatable bonds is 3. The zero-order valence-corrected chi connectivity index (χ0v) is 6.65. The van der Waals surface area contributed by atoms with Gasteiger partial charge in [0.15, 0.2) is 0 Å². The Labute approximate surface area is 65.0 Å². The molecule has 1 amide bonds. The largest absolute Gasteiger partial charge is 0.461 e. The summed E-state index contributed by atoms with van der Waals surface area (Å²) in [6.07, 6.45) is 0.0802. The molecule has 0 aromatic carbocycles. The second-order valence-electron chi connectivity index (χ2n) is 2.28. The van der Waals surface area contributed by atoms with Gasteiger partial charge in [-0.1, -0.05) is 20.3 Å². The Balaban J connectivity index is 3.53. The molecular formula is C6H11N3O2. The Morgan fingerprint density at radius 3 is 2.91 bits per heavy atom. The molecule has 0 aliphatic rings. The van der Waals surface area contributed by atoms with Gasteiger partial charge >= 0.3 is 6.09 Å². The third-order valence-corrected chi connectivity index (χ3v) is 1.31. The molecule has 0 aromatic rings. The van der Waals surface area contributed by atoms with E-state index in [0.29, 0.717) is 12.5 Å². The van der Waals surface area contributed by atoms with Gasteiger partial charge in [-0.3, -0.25) is 0 Å². The van der Waals surface area contributed by atoms with Gasteiger partial charge in [0.25, 0.3) is 0 Å². The number of amides is 1. The highest BCUT2D eigenvalue weighted by Gasteiger charge is 2.02. The lowest BCUT2D eigenvalue weighted by molar-refractivity contribution is 0.139. The van der Waals surface area contributed by atoms with Gasteiger partial charge in [0.1, 0.15) is 0 Å². The molecule has 0 saturated carbocycles. The van der Waals surface area contributed by atoms with E-state index in [0.717, 1.165) is 6.42 Å². The lowest BCUT2D eigenvalue weighted by Gasteiger charge is -2.06. The molecular weight excluding hydrogens is 146 g/mol. The first-order valence-corrected chi connectivity index (χ1v) is 3.42. The molecule has 11 heavy (non-hydrogen) atoms. The van der Waals surface area contributed by atoms with Crippen LogP contribution >= 0.6 is 0 Å². The van der Waals surface area contributed by atoms with Crippen molar-refractivity contribution in [1.82, 2.24) is 0 Å². The molecule has 0 aliphatic carbocycles. The molecule has 0 saturated heterocycles. The molecule has 0 heterocycles. The van der Waals surface area contributed by atoms with Crippen LogP contribution in [0.4, 0.5) is 4.79 Å². The number of ether oxygens (including phenoxy) is 1. The number of carbonyl (C=O) groups is 1. The minimum absolute atomic E-state index is 0.313. The maximum atomic E-state index is 10.4. The fraction of sp³-hybridized carbons (Fsp3) is 0.833. The van der Waals surface area contributed by atoms with Crippen molar-refractivity contribution in [3.05, 3.63) is 10.4 Å². The summed E-state index contributed by atoms with van der Waals surface area (Å²) in [5.41, 5.74) is 7.82. The van der Waals surface area contributed by atoms with E-state index in [1.54, 1.807) is 0 Å². The average molecular weight is 157 g/mol. The zero-order chi connectivity index (χ0) is 8.69. The van der Waals surface area contributed by atoms with E-state index in [1.807, 2.05) is 13.8 Å². The minimum atomic E-state index is -0.854. The smallest absolute Gasteiger partial charge is 0.396 e. The van der Waals surface area contributed by atoms with Gasteiger partial charge in [0.05, 0.1) is 6.61 Å².